The Bertz CT molecular complexity index is 230. The van der Waals surface area contributed by atoms with E-state index in [1.165, 1.54) is 5.69 Å². The van der Waals surface area contributed by atoms with E-state index in [0.29, 0.717) is 6.54 Å². The lowest BCUT2D eigenvalue weighted by Crippen LogP contribution is -2.07. The van der Waals surface area contributed by atoms with Gasteiger partial charge in [-0.05, 0) is 19.4 Å². The van der Waals surface area contributed by atoms with E-state index in [9.17, 15) is 0 Å². The molecule has 0 fully saturated rings. The summed E-state index contributed by atoms with van der Waals surface area (Å²) < 4.78 is 1.86. The molecule has 1 N–H and O–H groups in total. The summed E-state index contributed by atoms with van der Waals surface area (Å²) in [5.41, 5.74) is 2.21. The zero-order chi connectivity index (χ0) is 8.27. The molecule has 0 saturated heterocycles. The molecule has 3 heteroatoms. The van der Waals surface area contributed by atoms with Gasteiger partial charge in [0.25, 0.3) is 0 Å². The number of nitrogens with zero attached hydrogens (tertiary/aromatic N) is 2. The molecule has 1 aromatic rings. The quantitative estimate of drug-likeness (QED) is 0.697. The van der Waals surface area contributed by atoms with Gasteiger partial charge in [-0.1, -0.05) is 6.92 Å². The molecule has 62 valence electrons. The Labute approximate surface area is 66.7 Å². The van der Waals surface area contributed by atoms with Crippen molar-refractivity contribution < 1.29 is 5.11 Å². The minimum Gasteiger partial charge on any atom is -0.394 e. The third-order valence-corrected chi connectivity index (χ3v) is 1.66. The third kappa shape index (κ3) is 1.80. The van der Waals surface area contributed by atoms with Gasteiger partial charge in [-0.3, -0.25) is 4.68 Å². The fourth-order valence-electron chi connectivity index (χ4n) is 1.17. The van der Waals surface area contributed by atoms with E-state index in [1.807, 2.05) is 11.6 Å². The van der Waals surface area contributed by atoms with Gasteiger partial charge in [0, 0.05) is 5.69 Å². The van der Waals surface area contributed by atoms with Crippen LogP contribution in [0.2, 0.25) is 0 Å². The maximum absolute atomic E-state index is 8.69. The van der Waals surface area contributed by atoms with Crippen LogP contribution in [0.3, 0.4) is 0 Å². The van der Waals surface area contributed by atoms with E-state index in [0.717, 1.165) is 12.1 Å². The maximum atomic E-state index is 8.69. The molecule has 0 spiro atoms. The molecular weight excluding hydrogens is 140 g/mol. The summed E-state index contributed by atoms with van der Waals surface area (Å²) in [5.74, 6) is 0. The molecule has 0 saturated carbocycles. The van der Waals surface area contributed by atoms with Crippen molar-refractivity contribution >= 4 is 0 Å². The van der Waals surface area contributed by atoms with Gasteiger partial charge in [0.05, 0.1) is 18.8 Å². The van der Waals surface area contributed by atoms with Gasteiger partial charge in [0.2, 0.25) is 0 Å². The molecule has 0 aliphatic carbocycles. The van der Waals surface area contributed by atoms with E-state index in [1.54, 1.807) is 0 Å². The molecule has 0 aliphatic heterocycles. The Balaban J connectivity index is 2.83. The fraction of sp³-hybridized carbons (Fsp3) is 0.625. The molecule has 1 aromatic heterocycles. The van der Waals surface area contributed by atoms with Crippen LogP contribution < -0.4 is 0 Å². The van der Waals surface area contributed by atoms with Crippen molar-refractivity contribution in [3.63, 3.8) is 0 Å². The average Bonchev–Trinajstić information content (AvgIpc) is 2.32. The van der Waals surface area contributed by atoms with Crippen LogP contribution in [-0.2, 0) is 13.0 Å². The molecule has 0 aromatic carbocycles. The highest BCUT2D eigenvalue weighted by atomic mass is 16.3. The van der Waals surface area contributed by atoms with Gasteiger partial charge >= 0.3 is 0 Å². The summed E-state index contributed by atoms with van der Waals surface area (Å²) in [7, 11) is 0. The van der Waals surface area contributed by atoms with Crippen LogP contribution in [0.5, 0.6) is 0 Å². The summed E-state index contributed by atoms with van der Waals surface area (Å²) >= 11 is 0. The number of aliphatic hydroxyl groups excluding tert-OH is 1. The Hall–Kier alpha value is -0.830. The van der Waals surface area contributed by atoms with Crippen molar-refractivity contribution in [3.8, 4) is 0 Å². The smallest absolute Gasteiger partial charge is 0.0644 e. The monoisotopic (exact) mass is 154 g/mol. The van der Waals surface area contributed by atoms with Crippen LogP contribution in [0.15, 0.2) is 6.07 Å². The highest BCUT2D eigenvalue weighted by molar-refractivity contribution is 5.08. The number of hydrogen-bond donors (Lipinski definition) is 1. The molecule has 0 bridgehead atoms. The van der Waals surface area contributed by atoms with Gasteiger partial charge in [0.15, 0.2) is 0 Å². The molecule has 1 heterocycles. The van der Waals surface area contributed by atoms with Crippen molar-refractivity contribution in [2.75, 3.05) is 6.61 Å². The second kappa shape index (κ2) is 3.53. The predicted octanol–water partition coefficient (Wildman–Crippen LogP) is 0.746. The minimum absolute atomic E-state index is 0.161. The average molecular weight is 154 g/mol. The molecule has 0 aliphatic rings. The predicted molar refractivity (Wildman–Crippen MR) is 43.4 cm³/mol. The lowest BCUT2D eigenvalue weighted by atomic mass is 10.3. The second-order valence-electron chi connectivity index (χ2n) is 2.58. The van der Waals surface area contributed by atoms with Gasteiger partial charge in [0.1, 0.15) is 0 Å². The van der Waals surface area contributed by atoms with Crippen molar-refractivity contribution in [3.05, 3.63) is 17.5 Å². The lowest BCUT2D eigenvalue weighted by Gasteiger charge is -2.01. The first-order chi connectivity index (χ1) is 5.27. The van der Waals surface area contributed by atoms with Gasteiger partial charge in [-0.25, -0.2) is 0 Å². The van der Waals surface area contributed by atoms with Crippen LogP contribution in [-0.4, -0.2) is 21.5 Å². The molecule has 0 amide bonds. The van der Waals surface area contributed by atoms with E-state index in [2.05, 4.69) is 18.1 Å². The minimum atomic E-state index is 0.161. The van der Waals surface area contributed by atoms with Crippen molar-refractivity contribution in [2.24, 2.45) is 0 Å². The first-order valence-electron chi connectivity index (χ1n) is 3.92. The summed E-state index contributed by atoms with van der Waals surface area (Å²) in [6.07, 6.45) is 0.973. The highest BCUT2D eigenvalue weighted by Crippen LogP contribution is 2.03. The molecule has 0 unspecified atom stereocenters. The zero-order valence-electron chi connectivity index (χ0n) is 7.04. The SMILES string of the molecule is CCc1cc(C)nn1CCO. The van der Waals surface area contributed by atoms with Crippen LogP contribution in [0.4, 0.5) is 0 Å². The number of aliphatic hydroxyl groups is 1. The van der Waals surface area contributed by atoms with Crippen molar-refractivity contribution in [2.45, 2.75) is 26.8 Å². The zero-order valence-corrected chi connectivity index (χ0v) is 7.04. The van der Waals surface area contributed by atoms with E-state index in [-0.39, 0.29) is 6.61 Å². The van der Waals surface area contributed by atoms with Crippen molar-refractivity contribution in [1.29, 1.82) is 0 Å². The Kier molecular flexibility index (Phi) is 2.65. The summed E-state index contributed by atoms with van der Waals surface area (Å²) in [4.78, 5) is 0. The fourth-order valence-corrected chi connectivity index (χ4v) is 1.17. The molecule has 0 radical (unpaired) electrons. The molecule has 0 atom stereocenters. The number of aryl methyl sites for hydroxylation is 2. The van der Waals surface area contributed by atoms with Gasteiger partial charge in [-0.2, -0.15) is 5.10 Å². The Morgan fingerprint density at radius 2 is 2.36 bits per heavy atom. The second-order valence-corrected chi connectivity index (χ2v) is 2.58. The summed E-state index contributed by atoms with van der Waals surface area (Å²) in [6.45, 7) is 4.82. The van der Waals surface area contributed by atoms with E-state index >= 15 is 0 Å². The molecular formula is C8H14N2O. The van der Waals surface area contributed by atoms with Crippen LogP contribution in [0.25, 0.3) is 0 Å². The standard InChI is InChI=1S/C8H14N2O/c1-3-8-6-7(2)9-10(8)4-5-11/h6,11H,3-5H2,1-2H3. The third-order valence-electron chi connectivity index (χ3n) is 1.66. The van der Waals surface area contributed by atoms with Gasteiger partial charge in [-0.15, -0.1) is 0 Å². The highest BCUT2D eigenvalue weighted by Gasteiger charge is 2.00. The Morgan fingerprint density at radius 3 is 2.91 bits per heavy atom. The number of hydrogen-bond acceptors (Lipinski definition) is 2. The largest absolute Gasteiger partial charge is 0.394 e. The van der Waals surface area contributed by atoms with Crippen molar-refractivity contribution in [1.82, 2.24) is 9.78 Å². The summed E-state index contributed by atoms with van der Waals surface area (Å²) in [6, 6.07) is 2.05. The maximum Gasteiger partial charge on any atom is 0.0644 e. The summed E-state index contributed by atoms with van der Waals surface area (Å²) in [5, 5.41) is 12.9. The lowest BCUT2D eigenvalue weighted by molar-refractivity contribution is 0.267. The van der Waals surface area contributed by atoms with E-state index in [4.69, 9.17) is 5.11 Å². The first kappa shape index (κ1) is 8.27. The number of rotatable bonds is 3. The molecule has 11 heavy (non-hydrogen) atoms. The first-order valence-corrected chi connectivity index (χ1v) is 3.92. The normalized spacial score (nSPS) is 10.5. The molecule has 1 rings (SSSR count). The van der Waals surface area contributed by atoms with Crippen LogP contribution in [0.1, 0.15) is 18.3 Å². The number of aromatic nitrogens is 2. The van der Waals surface area contributed by atoms with E-state index < -0.39 is 0 Å². The Morgan fingerprint density at radius 1 is 1.64 bits per heavy atom. The van der Waals surface area contributed by atoms with Crippen LogP contribution >= 0.6 is 0 Å². The van der Waals surface area contributed by atoms with Crippen LogP contribution in [0, 0.1) is 6.92 Å². The van der Waals surface area contributed by atoms with Gasteiger partial charge < -0.3 is 5.11 Å². The molecule has 3 nitrogen and oxygen atoms in total. The topological polar surface area (TPSA) is 38.0 Å².